The highest BCUT2D eigenvalue weighted by atomic mass is 16.2. The number of hydrogen-bond donors (Lipinski definition) is 1. The average molecular weight is 262 g/mol. The second-order valence-corrected chi connectivity index (χ2v) is 5.00. The second-order valence-electron chi connectivity index (χ2n) is 5.00. The maximum absolute atomic E-state index is 11.9. The van der Waals surface area contributed by atoms with Gasteiger partial charge in [-0.2, -0.15) is 0 Å². The second kappa shape index (κ2) is 7.69. The minimum absolute atomic E-state index is 0.00957. The van der Waals surface area contributed by atoms with E-state index in [4.69, 9.17) is 0 Å². The molecule has 0 aliphatic heterocycles. The molecule has 4 nitrogen and oxygen atoms in total. The fourth-order valence-corrected chi connectivity index (χ4v) is 1.75. The number of nitrogens with one attached hydrogen (secondary N) is 1. The first-order valence-electron chi connectivity index (χ1n) is 6.55. The zero-order chi connectivity index (χ0) is 14.3. The summed E-state index contributed by atoms with van der Waals surface area (Å²) in [5.41, 5.74) is 0.725. The third-order valence-corrected chi connectivity index (χ3v) is 2.68. The van der Waals surface area contributed by atoms with Gasteiger partial charge < -0.3 is 5.32 Å². The van der Waals surface area contributed by atoms with Crippen LogP contribution in [0.4, 0.5) is 0 Å². The lowest BCUT2D eigenvalue weighted by molar-refractivity contribution is -0.122. The number of carbonyl (C=O) groups is 2. The monoisotopic (exact) mass is 262 g/mol. The molecule has 1 amide bonds. The van der Waals surface area contributed by atoms with Gasteiger partial charge in [0.1, 0.15) is 0 Å². The Labute approximate surface area is 114 Å². The molecule has 0 spiro atoms. The molecule has 0 radical (unpaired) electrons. The first kappa shape index (κ1) is 15.4. The topological polar surface area (TPSA) is 49.4 Å². The summed E-state index contributed by atoms with van der Waals surface area (Å²) in [6.45, 7) is 4.76. The van der Waals surface area contributed by atoms with Crippen molar-refractivity contribution in [2.45, 2.75) is 26.3 Å². The normalized spacial score (nSPS) is 10.8. The van der Waals surface area contributed by atoms with E-state index >= 15 is 0 Å². The Hall–Kier alpha value is -1.68. The van der Waals surface area contributed by atoms with E-state index in [1.165, 1.54) is 0 Å². The minimum Gasteiger partial charge on any atom is -0.353 e. The van der Waals surface area contributed by atoms with Crippen molar-refractivity contribution >= 4 is 11.7 Å². The van der Waals surface area contributed by atoms with Gasteiger partial charge in [-0.25, -0.2) is 0 Å². The summed E-state index contributed by atoms with van der Waals surface area (Å²) >= 11 is 0. The molecule has 1 aromatic carbocycles. The van der Waals surface area contributed by atoms with Crippen LogP contribution in [0.1, 0.15) is 30.6 Å². The Kier molecular flexibility index (Phi) is 6.22. The van der Waals surface area contributed by atoms with Crippen molar-refractivity contribution in [2.75, 3.05) is 20.1 Å². The molecular formula is C15H22N2O2. The number of benzene rings is 1. The van der Waals surface area contributed by atoms with Crippen LogP contribution in [0.2, 0.25) is 0 Å². The van der Waals surface area contributed by atoms with Crippen LogP contribution in [0.3, 0.4) is 0 Å². The van der Waals surface area contributed by atoms with Crippen LogP contribution in [0, 0.1) is 0 Å². The maximum Gasteiger partial charge on any atom is 0.234 e. The van der Waals surface area contributed by atoms with Crippen LogP contribution in [-0.4, -0.2) is 42.8 Å². The number of ketones is 1. The summed E-state index contributed by atoms with van der Waals surface area (Å²) in [6, 6.07) is 9.37. The predicted molar refractivity (Wildman–Crippen MR) is 76.2 cm³/mol. The molecular weight excluding hydrogens is 240 g/mol. The third-order valence-electron chi connectivity index (χ3n) is 2.68. The van der Waals surface area contributed by atoms with Crippen LogP contribution in [-0.2, 0) is 4.79 Å². The van der Waals surface area contributed by atoms with Crippen LogP contribution in [0.5, 0.6) is 0 Å². The molecule has 1 N–H and O–H groups in total. The van der Waals surface area contributed by atoms with Gasteiger partial charge in [0.2, 0.25) is 5.91 Å². The van der Waals surface area contributed by atoms with E-state index < -0.39 is 0 Å². The number of hydrogen-bond acceptors (Lipinski definition) is 3. The van der Waals surface area contributed by atoms with Crippen LogP contribution in [0.25, 0.3) is 0 Å². The molecule has 0 saturated carbocycles. The average Bonchev–Trinajstić information content (AvgIpc) is 2.36. The predicted octanol–water partition coefficient (Wildman–Crippen LogP) is 1.72. The molecule has 1 rings (SSSR count). The van der Waals surface area contributed by atoms with Gasteiger partial charge >= 0.3 is 0 Å². The summed E-state index contributed by atoms with van der Waals surface area (Å²) < 4.78 is 0. The van der Waals surface area contributed by atoms with Crippen molar-refractivity contribution in [1.29, 1.82) is 0 Å². The standard InChI is InChI=1S/C15H22N2O2/c1-12(2)16-15(19)11-17(3)10-9-14(18)13-7-5-4-6-8-13/h4-8,12H,9-11H2,1-3H3,(H,16,19). The van der Waals surface area contributed by atoms with Crippen LogP contribution in [0.15, 0.2) is 30.3 Å². The number of carbonyl (C=O) groups excluding carboxylic acids is 2. The fraction of sp³-hybridized carbons (Fsp3) is 0.467. The quantitative estimate of drug-likeness (QED) is 0.761. The van der Waals surface area contributed by atoms with Gasteiger partial charge in [-0.1, -0.05) is 30.3 Å². The van der Waals surface area contributed by atoms with Crippen LogP contribution < -0.4 is 5.32 Å². The minimum atomic E-state index is -0.00957. The number of rotatable bonds is 7. The van der Waals surface area contributed by atoms with Crippen molar-refractivity contribution in [1.82, 2.24) is 10.2 Å². The molecule has 19 heavy (non-hydrogen) atoms. The van der Waals surface area contributed by atoms with Crippen LogP contribution >= 0.6 is 0 Å². The largest absolute Gasteiger partial charge is 0.353 e. The number of nitrogens with zero attached hydrogens (tertiary/aromatic N) is 1. The van der Waals surface area contributed by atoms with Gasteiger partial charge in [-0.15, -0.1) is 0 Å². The van der Waals surface area contributed by atoms with Crippen molar-refractivity contribution in [3.63, 3.8) is 0 Å². The first-order chi connectivity index (χ1) is 8.99. The highest BCUT2D eigenvalue weighted by molar-refractivity contribution is 5.96. The molecule has 104 valence electrons. The van der Waals surface area contributed by atoms with E-state index in [0.29, 0.717) is 19.5 Å². The molecule has 0 aliphatic carbocycles. The smallest absolute Gasteiger partial charge is 0.234 e. The molecule has 0 heterocycles. The Bertz CT molecular complexity index is 415. The van der Waals surface area contributed by atoms with Gasteiger partial charge in [0.25, 0.3) is 0 Å². The zero-order valence-corrected chi connectivity index (χ0v) is 11.8. The summed E-state index contributed by atoms with van der Waals surface area (Å²) in [4.78, 5) is 25.3. The number of likely N-dealkylation sites (N-methyl/N-ethyl adjacent to an activating group) is 1. The Balaban J connectivity index is 2.32. The lowest BCUT2D eigenvalue weighted by atomic mass is 10.1. The molecule has 0 atom stereocenters. The van der Waals surface area contributed by atoms with Gasteiger partial charge in [0.05, 0.1) is 6.54 Å². The van der Waals surface area contributed by atoms with Gasteiger partial charge in [-0.05, 0) is 20.9 Å². The first-order valence-corrected chi connectivity index (χ1v) is 6.55. The Morgan fingerprint density at radius 2 is 1.84 bits per heavy atom. The van der Waals surface area contributed by atoms with Gasteiger partial charge in [0.15, 0.2) is 5.78 Å². The van der Waals surface area contributed by atoms with Crippen molar-refractivity contribution in [3.05, 3.63) is 35.9 Å². The number of amides is 1. The van der Waals surface area contributed by atoms with E-state index in [2.05, 4.69) is 5.32 Å². The summed E-state index contributed by atoms with van der Waals surface area (Å²) in [5, 5.41) is 2.83. The van der Waals surface area contributed by atoms with E-state index in [1.54, 1.807) is 0 Å². The zero-order valence-electron chi connectivity index (χ0n) is 11.8. The Morgan fingerprint density at radius 1 is 1.21 bits per heavy atom. The van der Waals surface area contributed by atoms with E-state index in [9.17, 15) is 9.59 Å². The van der Waals surface area contributed by atoms with E-state index in [1.807, 2.05) is 56.1 Å². The van der Waals surface area contributed by atoms with E-state index in [-0.39, 0.29) is 17.7 Å². The fourth-order valence-electron chi connectivity index (χ4n) is 1.75. The Morgan fingerprint density at radius 3 is 2.42 bits per heavy atom. The number of Topliss-reactive ketones (excluding diaryl/α,β-unsaturated/α-hetero) is 1. The summed E-state index contributed by atoms with van der Waals surface area (Å²) in [5.74, 6) is 0.0985. The van der Waals surface area contributed by atoms with Gasteiger partial charge in [-0.3, -0.25) is 14.5 Å². The molecule has 0 fully saturated rings. The lowest BCUT2D eigenvalue weighted by Gasteiger charge is -2.17. The van der Waals surface area contributed by atoms with Crippen molar-refractivity contribution in [3.8, 4) is 0 Å². The van der Waals surface area contributed by atoms with Gasteiger partial charge in [0, 0.05) is 24.6 Å². The summed E-state index contributed by atoms with van der Waals surface area (Å²) in [6.07, 6.45) is 0.426. The highest BCUT2D eigenvalue weighted by Crippen LogP contribution is 2.03. The lowest BCUT2D eigenvalue weighted by Crippen LogP contribution is -2.39. The molecule has 0 aliphatic rings. The van der Waals surface area contributed by atoms with E-state index in [0.717, 1.165) is 5.56 Å². The molecule has 0 unspecified atom stereocenters. The molecule has 0 bridgehead atoms. The SMILES string of the molecule is CC(C)NC(=O)CN(C)CCC(=O)c1ccccc1. The molecule has 0 saturated heterocycles. The summed E-state index contributed by atoms with van der Waals surface area (Å²) in [7, 11) is 1.85. The maximum atomic E-state index is 11.9. The highest BCUT2D eigenvalue weighted by Gasteiger charge is 2.10. The molecule has 0 aromatic heterocycles. The molecule has 1 aromatic rings. The van der Waals surface area contributed by atoms with Crippen molar-refractivity contribution in [2.24, 2.45) is 0 Å². The molecule has 4 heteroatoms. The van der Waals surface area contributed by atoms with Crippen molar-refractivity contribution < 1.29 is 9.59 Å². The third kappa shape index (κ3) is 6.15.